The molecule has 2 aromatic rings. The van der Waals surface area contributed by atoms with Crippen LogP contribution in [-0.2, 0) is 9.53 Å². The lowest BCUT2D eigenvalue weighted by atomic mass is 10.1. The smallest absolute Gasteiger partial charge is 0.414 e. The predicted molar refractivity (Wildman–Crippen MR) is 102 cm³/mol. The first-order valence-electron chi connectivity index (χ1n) is 8.04. The highest BCUT2D eigenvalue weighted by molar-refractivity contribution is 7.16. The van der Waals surface area contributed by atoms with Crippen molar-refractivity contribution in [3.63, 3.8) is 0 Å². The molecule has 1 aromatic carbocycles. The third-order valence-corrected chi connectivity index (χ3v) is 4.69. The van der Waals surface area contributed by atoms with Crippen LogP contribution >= 0.6 is 11.3 Å². The van der Waals surface area contributed by atoms with Gasteiger partial charge in [0.2, 0.25) is 5.91 Å². The molecule has 0 saturated heterocycles. The molecule has 0 aliphatic rings. The third kappa shape index (κ3) is 5.03. The number of alkyl carbamates (subject to hydrolysis) is 1. The molecule has 0 saturated carbocycles. The second kappa shape index (κ2) is 8.96. The van der Waals surface area contributed by atoms with E-state index < -0.39 is 12.0 Å². The highest BCUT2D eigenvalue weighted by Crippen LogP contribution is 2.32. The van der Waals surface area contributed by atoms with E-state index in [-0.39, 0.29) is 18.1 Å². The number of imide groups is 1. The monoisotopic (exact) mass is 372 g/mol. The normalized spacial score (nSPS) is 10.6. The Morgan fingerprint density at radius 2 is 1.85 bits per heavy atom. The number of carbonyl (C=O) groups excluding carboxylic acids is 3. The second-order valence-corrected chi connectivity index (χ2v) is 6.62. The Kier molecular flexibility index (Phi) is 6.68. The van der Waals surface area contributed by atoms with Crippen LogP contribution < -0.4 is 10.6 Å². The van der Waals surface area contributed by atoms with Crippen LogP contribution in [0.25, 0.3) is 6.08 Å². The van der Waals surface area contributed by atoms with Crippen LogP contribution in [0.2, 0.25) is 0 Å². The first kappa shape index (κ1) is 19.4. The standard InChI is InChI=1S/C19H20N2O4S/c1-4-25-19(24)21-17(23)16-12(2)13(3)26-18(16)20-15(22)11-10-14-8-6-5-7-9-14/h5-11H,4H2,1-3H3,(H,20,22)(H,21,23,24)/b11-10+. The molecular formula is C19H20N2O4S. The summed E-state index contributed by atoms with van der Waals surface area (Å²) in [6.45, 7) is 5.42. The number of aryl methyl sites for hydroxylation is 1. The van der Waals surface area contributed by atoms with Gasteiger partial charge in [0.25, 0.3) is 5.91 Å². The lowest BCUT2D eigenvalue weighted by Gasteiger charge is -2.07. The number of hydrogen-bond donors (Lipinski definition) is 2. The minimum absolute atomic E-state index is 0.161. The number of benzene rings is 1. The van der Waals surface area contributed by atoms with Gasteiger partial charge in [0.1, 0.15) is 5.00 Å². The van der Waals surface area contributed by atoms with Crippen molar-refractivity contribution in [2.24, 2.45) is 0 Å². The van der Waals surface area contributed by atoms with Gasteiger partial charge in [-0.2, -0.15) is 0 Å². The van der Waals surface area contributed by atoms with Gasteiger partial charge >= 0.3 is 6.09 Å². The molecule has 0 bridgehead atoms. The van der Waals surface area contributed by atoms with Gasteiger partial charge in [-0.25, -0.2) is 4.79 Å². The van der Waals surface area contributed by atoms with Gasteiger partial charge < -0.3 is 10.1 Å². The molecule has 7 heteroatoms. The third-order valence-electron chi connectivity index (χ3n) is 3.57. The SMILES string of the molecule is CCOC(=O)NC(=O)c1c(NC(=O)/C=C/c2ccccc2)sc(C)c1C. The number of carbonyl (C=O) groups is 3. The molecule has 2 N–H and O–H groups in total. The van der Waals surface area contributed by atoms with Crippen molar-refractivity contribution in [2.45, 2.75) is 20.8 Å². The first-order chi connectivity index (χ1) is 12.4. The van der Waals surface area contributed by atoms with E-state index >= 15 is 0 Å². The molecule has 2 rings (SSSR count). The van der Waals surface area contributed by atoms with Crippen LogP contribution in [0.15, 0.2) is 36.4 Å². The van der Waals surface area contributed by atoms with Gasteiger partial charge in [-0.3, -0.25) is 14.9 Å². The highest BCUT2D eigenvalue weighted by atomic mass is 32.1. The van der Waals surface area contributed by atoms with Gasteiger partial charge in [-0.1, -0.05) is 30.3 Å². The van der Waals surface area contributed by atoms with E-state index in [9.17, 15) is 14.4 Å². The van der Waals surface area contributed by atoms with Crippen LogP contribution in [-0.4, -0.2) is 24.5 Å². The van der Waals surface area contributed by atoms with Crippen molar-refractivity contribution in [1.82, 2.24) is 5.32 Å². The topological polar surface area (TPSA) is 84.5 Å². The molecule has 6 nitrogen and oxygen atoms in total. The average Bonchev–Trinajstić information content (AvgIpc) is 2.88. The van der Waals surface area contributed by atoms with Crippen LogP contribution in [0.1, 0.15) is 33.3 Å². The Morgan fingerprint density at radius 3 is 2.50 bits per heavy atom. The largest absolute Gasteiger partial charge is 0.450 e. The highest BCUT2D eigenvalue weighted by Gasteiger charge is 2.22. The minimum Gasteiger partial charge on any atom is -0.450 e. The molecule has 0 spiro atoms. The van der Waals surface area contributed by atoms with Crippen molar-refractivity contribution in [3.8, 4) is 0 Å². The summed E-state index contributed by atoms with van der Waals surface area (Å²) in [4.78, 5) is 36.9. The molecule has 0 atom stereocenters. The van der Waals surface area contributed by atoms with E-state index in [1.165, 1.54) is 17.4 Å². The maximum absolute atomic E-state index is 12.4. The van der Waals surface area contributed by atoms with Crippen molar-refractivity contribution < 1.29 is 19.1 Å². The first-order valence-corrected chi connectivity index (χ1v) is 8.86. The summed E-state index contributed by atoms with van der Waals surface area (Å²) in [5, 5.41) is 5.26. The predicted octanol–water partition coefficient (Wildman–Crippen LogP) is 3.90. The summed E-state index contributed by atoms with van der Waals surface area (Å²) in [7, 11) is 0. The fraction of sp³-hybridized carbons (Fsp3) is 0.211. The molecule has 0 aliphatic heterocycles. The van der Waals surface area contributed by atoms with E-state index in [1.54, 1.807) is 19.9 Å². The zero-order valence-electron chi connectivity index (χ0n) is 14.8. The van der Waals surface area contributed by atoms with Gasteiger partial charge in [0, 0.05) is 11.0 Å². The van der Waals surface area contributed by atoms with Crippen LogP contribution in [0.3, 0.4) is 0 Å². The fourth-order valence-electron chi connectivity index (χ4n) is 2.20. The average molecular weight is 372 g/mol. The Labute approximate surface area is 155 Å². The molecular weight excluding hydrogens is 352 g/mol. The van der Waals surface area contributed by atoms with Crippen molar-refractivity contribution in [1.29, 1.82) is 0 Å². The van der Waals surface area contributed by atoms with Gasteiger partial charge in [0.05, 0.1) is 12.2 Å². The molecule has 0 fully saturated rings. The minimum atomic E-state index is -0.818. The number of ether oxygens (including phenoxy) is 1. The maximum atomic E-state index is 12.4. The maximum Gasteiger partial charge on any atom is 0.414 e. The van der Waals surface area contributed by atoms with Crippen LogP contribution in [0.5, 0.6) is 0 Å². The number of thiophene rings is 1. The van der Waals surface area contributed by atoms with E-state index in [1.807, 2.05) is 37.3 Å². The summed E-state index contributed by atoms with van der Waals surface area (Å²) in [6, 6.07) is 9.40. The molecule has 1 aromatic heterocycles. The van der Waals surface area contributed by atoms with Crippen molar-refractivity contribution >= 4 is 40.3 Å². The van der Waals surface area contributed by atoms with E-state index in [2.05, 4.69) is 10.6 Å². The van der Waals surface area contributed by atoms with E-state index in [4.69, 9.17) is 4.74 Å². The summed E-state index contributed by atoms with van der Waals surface area (Å²) in [5.41, 5.74) is 1.86. The summed E-state index contributed by atoms with van der Waals surface area (Å²) < 4.78 is 4.72. The number of hydrogen-bond acceptors (Lipinski definition) is 5. The molecule has 26 heavy (non-hydrogen) atoms. The number of rotatable bonds is 5. The molecule has 0 radical (unpaired) electrons. The van der Waals surface area contributed by atoms with Crippen molar-refractivity contribution in [3.05, 3.63) is 58.0 Å². The fourth-order valence-corrected chi connectivity index (χ4v) is 3.26. The summed E-state index contributed by atoms with van der Waals surface area (Å²) >= 11 is 1.28. The number of anilines is 1. The van der Waals surface area contributed by atoms with Crippen LogP contribution in [0, 0.1) is 13.8 Å². The quantitative estimate of drug-likeness (QED) is 0.780. The molecule has 136 valence electrons. The molecule has 0 aliphatic carbocycles. The number of amides is 3. The van der Waals surface area contributed by atoms with Gasteiger partial charge in [0.15, 0.2) is 0 Å². The van der Waals surface area contributed by atoms with E-state index in [0.717, 1.165) is 10.4 Å². The number of nitrogens with one attached hydrogen (secondary N) is 2. The summed E-state index contributed by atoms with van der Waals surface area (Å²) in [5.74, 6) is -0.965. The Bertz CT molecular complexity index is 841. The van der Waals surface area contributed by atoms with Crippen molar-refractivity contribution in [2.75, 3.05) is 11.9 Å². The van der Waals surface area contributed by atoms with Gasteiger partial charge in [-0.15, -0.1) is 11.3 Å². The second-order valence-electron chi connectivity index (χ2n) is 5.40. The molecule has 3 amide bonds. The van der Waals surface area contributed by atoms with Crippen LogP contribution in [0.4, 0.5) is 9.80 Å². The zero-order chi connectivity index (χ0) is 19.1. The lowest BCUT2D eigenvalue weighted by Crippen LogP contribution is -2.31. The van der Waals surface area contributed by atoms with Gasteiger partial charge in [-0.05, 0) is 38.0 Å². The Morgan fingerprint density at radius 1 is 1.15 bits per heavy atom. The Balaban J connectivity index is 2.15. The summed E-state index contributed by atoms with van der Waals surface area (Å²) in [6.07, 6.45) is 2.26. The molecule has 1 heterocycles. The van der Waals surface area contributed by atoms with E-state index in [0.29, 0.717) is 10.6 Å². The Hall–Kier alpha value is -2.93. The zero-order valence-corrected chi connectivity index (χ0v) is 15.6. The lowest BCUT2D eigenvalue weighted by molar-refractivity contribution is -0.111. The molecule has 0 unspecified atom stereocenters.